The molecule has 1 aromatic heterocycles. The summed E-state index contributed by atoms with van der Waals surface area (Å²) >= 11 is 6.18. The van der Waals surface area contributed by atoms with Gasteiger partial charge in [-0.3, -0.25) is 4.79 Å². The fourth-order valence-corrected chi connectivity index (χ4v) is 3.37. The second-order valence-corrected chi connectivity index (χ2v) is 6.14. The van der Waals surface area contributed by atoms with Crippen LogP contribution in [-0.2, 0) is 6.42 Å². The number of benzene rings is 1. The number of aryl methyl sites for hydroxylation is 1. The van der Waals surface area contributed by atoms with Gasteiger partial charge >= 0.3 is 0 Å². The number of aromatic nitrogens is 2. The Morgan fingerprint density at radius 2 is 2.09 bits per heavy atom. The Bertz CT molecular complexity index is 671. The second kappa shape index (κ2) is 6.97. The maximum atomic E-state index is 11.7. The summed E-state index contributed by atoms with van der Waals surface area (Å²) in [6.07, 6.45) is 7.26. The van der Waals surface area contributed by atoms with Gasteiger partial charge in [0.15, 0.2) is 0 Å². The molecule has 1 aliphatic rings. The van der Waals surface area contributed by atoms with Crippen molar-refractivity contribution >= 4 is 17.3 Å². The summed E-state index contributed by atoms with van der Waals surface area (Å²) in [6, 6.07) is 10.9. The van der Waals surface area contributed by atoms with Crippen LogP contribution in [0.25, 0.3) is 0 Å². The highest BCUT2D eigenvalue weighted by Crippen LogP contribution is 2.30. The fraction of sp³-hybridized carbons (Fsp3) is 0.412. The van der Waals surface area contributed by atoms with Gasteiger partial charge in [0.1, 0.15) is 5.02 Å². The summed E-state index contributed by atoms with van der Waals surface area (Å²) in [5, 5.41) is 6.55. The average molecular weight is 318 g/mol. The molecular formula is C17H20ClN3O. The van der Waals surface area contributed by atoms with E-state index >= 15 is 0 Å². The second-order valence-electron chi connectivity index (χ2n) is 5.77. The SMILES string of the molecule is O=c1[nH]ncc(N2CCCCC2CCc2ccccc2)c1Cl. The van der Waals surface area contributed by atoms with Crippen molar-refractivity contribution in [2.24, 2.45) is 0 Å². The van der Waals surface area contributed by atoms with E-state index in [-0.39, 0.29) is 10.6 Å². The lowest BCUT2D eigenvalue weighted by Crippen LogP contribution is -2.40. The van der Waals surface area contributed by atoms with Gasteiger partial charge in [-0.05, 0) is 37.7 Å². The van der Waals surface area contributed by atoms with Crippen molar-refractivity contribution in [2.75, 3.05) is 11.4 Å². The Morgan fingerprint density at radius 1 is 1.27 bits per heavy atom. The number of H-pyrrole nitrogens is 1. The highest BCUT2D eigenvalue weighted by molar-refractivity contribution is 6.33. The molecule has 1 saturated heterocycles. The molecule has 5 heteroatoms. The van der Waals surface area contributed by atoms with Crippen LogP contribution in [0.3, 0.4) is 0 Å². The zero-order chi connectivity index (χ0) is 15.4. The summed E-state index contributed by atoms with van der Waals surface area (Å²) in [5.41, 5.74) is 1.80. The van der Waals surface area contributed by atoms with Crippen molar-refractivity contribution in [3.8, 4) is 0 Å². The molecule has 0 saturated carbocycles. The van der Waals surface area contributed by atoms with Gasteiger partial charge in [0, 0.05) is 12.6 Å². The number of hydrogen-bond acceptors (Lipinski definition) is 3. The first-order valence-electron chi connectivity index (χ1n) is 7.79. The molecule has 0 spiro atoms. The Morgan fingerprint density at radius 3 is 2.91 bits per heavy atom. The van der Waals surface area contributed by atoms with Gasteiger partial charge in [0.05, 0.1) is 11.9 Å². The Balaban J connectivity index is 1.76. The van der Waals surface area contributed by atoms with E-state index in [1.807, 2.05) is 6.07 Å². The lowest BCUT2D eigenvalue weighted by atomic mass is 9.95. The van der Waals surface area contributed by atoms with Crippen molar-refractivity contribution in [3.05, 3.63) is 57.5 Å². The number of piperidine rings is 1. The van der Waals surface area contributed by atoms with Gasteiger partial charge in [0.2, 0.25) is 0 Å². The summed E-state index contributed by atoms with van der Waals surface area (Å²) < 4.78 is 0. The van der Waals surface area contributed by atoms with Crippen LogP contribution in [0.2, 0.25) is 5.02 Å². The molecule has 1 unspecified atom stereocenters. The number of hydrogen-bond donors (Lipinski definition) is 1. The normalized spacial score (nSPS) is 18.4. The zero-order valence-corrected chi connectivity index (χ0v) is 13.2. The first kappa shape index (κ1) is 15.1. The number of anilines is 1. The Hall–Kier alpha value is -1.81. The molecule has 3 rings (SSSR count). The minimum absolute atomic E-state index is 0.251. The molecule has 1 fully saturated rings. The first-order valence-corrected chi connectivity index (χ1v) is 8.17. The third kappa shape index (κ3) is 3.33. The van der Waals surface area contributed by atoms with E-state index in [0.717, 1.165) is 37.9 Å². The highest BCUT2D eigenvalue weighted by Gasteiger charge is 2.25. The summed E-state index contributed by atoms with van der Waals surface area (Å²) in [5.74, 6) is 0. The maximum Gasteiger partial charge on any atom is 0.285 e. The van der Waals surface area contributed by atoms with Gasteiger partial charge in [-0.1, -0.05) is 41.9 Å². The lowest BCUT2D eigenvalue weighted by molar-refractivity contribution is 0.437. The van der Waals surface area contributed by atoms with E-state index in [1.165, 1.54) is 12.0 Å². The fourth-order valence-electron chi connectivity index (χ4n) is 3.17. The van der Waals surface area contributed by atoms with Crippen molar-refractivity contribution in [1.82, 2.24) is 10.2 Å². The molecular weight excluding hydrogens is 298 g/mol. The molecule has 2 aromatic rings. The summed E-state index contributed by atoms with van der Waals surface area (Å²) in [6.45, 7) is 0.935. The Labute approximate surface area is 135 Å². The van der Waals surface area contributed by atoms with Crippen LogP contribution >= 0.6 is 11.6 Å². The van der Waals surface area contributed by atoms with E-state index < -0.39 is 0 Å². The van der Waals surface area contributed by atoms with E-state index in [1.54, 1.807) is 6.20 Å². The Kier molecular flexibility index (Phi) is 4.78. The quantitative estimate of drug-likeness (QED) is 0.940. The molecule has 0 aliphatic carbocycles. The maximum absolute atomic E-state index is 11.7. The zero-order valence-electron chi connectivity index (χ0n) is 12.5. The minimum atomic E-state index is -0.313. The van der Waals surface area contributed by atoms with Crippen LogP contribution < -0.4 is 10.5 Å². The molecule has 1 aromatic carbocycles. The van der Waals surface area contributed by atoms with Crippen molar-refractivity contribution in [3.63, 3.8) is 0 Å². The molecule has 2 heterocycles. The number of rotatable bonds is 4. The third-order valence-corrected chi connectivity index (χ3v) is 4.69. The summed E-state index contributed by atoms with van der Waals surface area (Å²) in [7, 11) is 0. The minimum Gasteiger partial charge on any atom is -0.366 e. The van der Waals surface area contributed by atoms with Gasteiger partial charge in [-0.25, -0.2) is 5.10 Å². The molecule has 0 amide bonds. The van der Waals surface area contributed by atoms with Crippen LogP contribution in [0.1, 0.15) is 31.2 Å². The highest BCUT2D eigenvalue weighted by atomic mass is 35.5. The smallest absolute Gasteiger partial charge is 0.285 e. The average Bonchev–Trinajstić information content (AvgIpc) is 2.57. The van der Waals surface area contributed by atoms with Gasteiger partial charge < -0.3 is 4.90 Å². The molecule has 1 N–H and O–H groups in total. The van der Waals surface area contributed by atoms with Crippen molar-refractivity contribution in [1.29, 1.82) is 0 Å². The topological polar surface area (TPSA) is 49.0 Å². The number of halogens is 1. The number of nitrogens with zero attached hydrogens (tertiary/aromatic N) is 2. The number of aromatic amines is 1. The molecule has 116 valence electrons. The molecule has 0 radical (unpaired) electrons. The van der Waals surface area contributed by atoms with E-state index in [9.17, 15) is 4.79 Å². The van der Waals surface area contributed by atoms with Gasteiger partial charge in [-0.2, -0.15) is 5.10 Å². The van der Waals surface area contributed by atoms with Gasteiger partial charge in [-0.15, -0.1) is 0 Å². The van der Waals surface area contributed by atoms with Crippen molar-refractivity contribution < 1.29 is 0 Å². The monoisotopic (exact) mass is 317 g/mol. The van der Waals surface area contributed by atoms with Gasteiger partial charge in [0.25, 0.3) is 5.56 Å². The largest absolute Gasteiger partial charge is 0.366 e. The standard InChI is InChI=1S/C17H20ClN3O/c18-16-15(12-19-20-17(16)22)21-11-5-4-8-14(21)10-9-13-6-2-1-3-7-13/h1-3,6-7,12,14H,4-5,8-11H2,(H,20,22). The third-order valence-electron chi connectivity index (χ3n) is 4.32. The molecule has 1 aliphatic heterocycles. The number of nitrogens with one attached hydrogen (secondary N) is 1. The van der Waals surface area contributed by atoms with Crippen LogP contribution in [0.15, 0.2) is 41.3 Å². The van der Waals surface area contributed by atoms with Crippen molar-refractivity contribution in [2.45, 2.75) is 38.1 Å². The molecule has 1 atom stereocenters. The predicted octanol–water partition coefficient (Wildman–Crippen LogP) is 3.42. The first-order chi connectivity index (χ1) is 10.8. The predicted molar refractivity (Wildman–Crippen MR) is 89.6 cm³/mol. The van der Waals surface area contributed by atoms with Crippen LogP contribution in [-0.4, -0.2) is 22.8 Å². The van der Waals surface area contributed by atoms with E-state index in [2.05, 4.69) is 39.4 Å². The molecule has 22 heavy (non-hydrogen) atoms. The lowest BCUT2D eigenvalue weighted by Gasteiger charge is -2.37. The van der Waals surface area contributed by atoms with Crippen LogP contribution in [0, 0.1) is 0 Å². The van der Waals surface area contributed by atoms with Crippen LogP contribution in [0.5, 0.6) is 0 Å². The van der Waals surface area contributed by atoms with E-state index in [0.29, 0.717) is 6.04 Å². The van der Waals surface area contributed by atoms with E-state index in [4.69, 9.17) is 11.6 Å². The summed E-state index contributed by atoms with van der Waals surface area (Å²) in [4.78, 5) is 14.0. The molecule has 4 nitrogen and oxygen atoms in total. The van der Waals surface area contributed by atoms with Crippen LogP contribution in [0.4, 0.5) is 5.69 Å². The molecule has 0 bridgehead atoms.